The number of piperazine rings is 1. The van der Waals surface area contributed by atoms with Gasteiger partial charge < -0.3 is 20.8 Å². The highest BCUT2D eigenvalue weighted by Gasteiger charge is 2.30. The third kappa shape index (κ3) is 7.09. The van der Waals surface area contributed by atoms with E-state index in [2.05, 4.69) is 25.9 Å². The van der Waals surface area contributed by atoms with Gasteiger partial charge in [-0.05, 0) is 54.4 Å². The van der Waals surface area contributed by atoms with Gasteiger partial charge in [-0.25, -0.2) is 10.3 Å². The standard InChI is InChI=1S/C32H35N5O6/c1-21-19-26-27(20-25(21)32(41)42)34-31(40)28(26)29(22-5-3-2-4-6-22)33-24-9-7-23(8-10-24)30(39)35-43-18-16-37-13-11-36(12-14-37)15-17-38/h2-10,19-20,33,38H,11-18H2,1H3,(H,34,40)(H,35,39)(H,41,42)/b29-28-. The minimum atomic E-state index is -1.06. The number of aliphatic hydroxyl groups is 1. The van der Waals surface area contributed by atoms with Crippen molar-refractivity contribution in [3.63, 3.8) is 0 Å². The molecule has 2 amide bonds. The number of aliphatic hydroxyl groups excluding tert-OH is 1. The lowest BCUT2D eigenvalue weighted by molar-refractivity contribution is -0.110. The minimum Gasteiger partial charge on any atom is -0.478 e. The molecule has 0 atom stereocenters. The number of carboxylic acid groups (broad SMARTS) is 1. The number of carbonyl (C=O) groups is 3. The number of hydrogen-bond acceptors (Lipinski definition) is 8. The molecule has 5 N–H and O–H groups in total. The minimum absolute atomic E-state index is 0.129. The first-order valence-corrected chi connectivity index (χ1v) is 14.2. The van der Waals surface area contributed by atoms with Crippen molar-refractivity contribution in [1.29, 1.82) is 0 Å². The normalized spacial score (nSPS) is 16.4. The summed E-state index contributed by atoms with van der Waals surface area (Å²) >= 11 is 0. The lowest BCUT2D eigenvalue weighted by Gasteiger charge is -2.34. The molecule has 0 unspecified atom stereocenters. The van der Waals surface area contributed by atoms with E-state index in [0.29, 0.717) is 59.0 Å². The van der Waals surface area contributed by atoms with E-state index in [4.69, 9.17) is 9.94 Å². The van der Waals surface area contributed by atoms with Gasteiger partial charge in [-0.3, -0.25) is 24.2 Å². The number of benzene rings is 3. The second-order valence-electron chi connectivity index (χ2n) is 10.5. The molecule has 1 saturated heterocycles. The number of nitrogens with one attached hydrogen (secondary N) is 3. The van der Waals surface area contributed by atoms with Crippen molar-refractivity contribution in [2.75, 3.05) is 63.1 Å². The Bertz CT molecular complexity index is 1520. The summed E-state index contributed by atoms with van der Waals surface area (Å²) in [7, 11) is 0. The van der Waals surface area contributed by atoms with E-state index >= 15 is 0 Å². The summed E-state index contributed by atoms with van der Waals surface area (Å²) in [5.74, 6) is -1.77. The van der Waals surface area contributed by atoms with E-state index in [1.54, 1.807) is 37.3 Å². The summed E-state index contributed by atoms with van der Waals surface area (Å²) in [4.78, 5) is 47.4. The SMILES string of the molecule is Cc1cc2c(cc1C(=O)O)NC(=O)/C2=C(\Nc1ccc(C(=O)NOCCN2CCN(CCO)CC2)cc1)c1ccccc1. The van der Waals surface area contributed by atoms with E-state index in [-0.39, 0.29) is 24.0 Å². The zero-order chi connectivity index (χ0) is 30.3. The van der Waals surface area contributed by atoms with Gasteiger partial charge in [0.15, 0.2) is 0 Å². The monoisotopic (exact) mass is 585 g/mol. The van der Waals surface area contributed by atoms with Crippen LogP contribution in [0.25, 0.3) is 11.3 Å². The van der Waals surface area contributed by atoms with Gasteiger partial charge in [0.1, 0.15) is 0 Å². The Kier molecular flexibility index (Phi) is 9.48. The summed E-state index contributed by atoms with van der Waals surface area (Å²) in [6.07, 6.45) is 0. The lowest BCUT2D eigenvalue weighted by atomic mass is 9.96. The highest BCUT2D eigenvalue weighted by Crippen LogP contribution is 2.39. The van der Waals surface area contributed by atoms with E-state index in [9.17, 15) is 19.5 Å². The van der Waals surface area contributed by atoms with Crippen molar-refractivity contribution in [1.82, 2.24) is 15.3 Å². The van der Waals surface area contributed by atoms with Crippen molar-refractivity contribution in [3.8, 4) is 0 Å². The van der Waals surface area contributed by atoms with Crippen LogP contribution < -0.4 is 16.1 Å². The molecule has 0 spiro atoms. The Labute approximate surface area is 249 Å². The Morgan fingerprint density at radius 2 is 1.60 bits per heavy atom. The summed E-state index contributed by atoms with van der Waals surface area (Å²) < 4.78 is 0. The maximum Gasteiger partial charge on any atom is 0.336 e. The lowest BCUT2D eigenvalue weighted by Crippen LogP contribution is -2.48. The Hall–Kier alpha value is -4.55. The van der Waals surface area contributed by atoms with E-state index < -0.39 is 5.97 Å². The summed E-state index contributed by atoms with van der Waals surface area (Å²) in [6, 6.07) is 19.4. The fraction of sp³-hybridized carbons (Fsp3) is 0.281. The van der Waals surface area contributed by atoms with Crippen molar-refractivity contribution >= 4 is 40.4 Å². The summed E-state index contributed by atoms with van der Waals surface area (Å²) in [5, 5.41) is 24.7. The smallest absolute Gasteiger partial charge is 0.336 e. The van der Waals surface area contributed by atoms with E-state index in [1.807, 2.05) is 30.3 Å². The predicted octanol–water partition coefficient (Wildman–Crippen LogP) is 2.90. The van der Waals surface area contributed by atoms with Crippen LogP contribution in [0.2, 0.25) is 0 Å². The van der Waals surface area contributed by atoms with Crippen LogP contribution in [0.3, 0.4) is 0 Å². The second-order valence-corrected chi connectivity index (χ2v) is 10.5. The molecule has 1 fully saturated rings. The number of hydroxylamine groups is 1. The molecular weight excluding hydrogens is 550 g/mol. The van der Waals surface area contributed by atoms with Crippen molar-refractivity contribution in [2.45, 2.75) is 6.92 Å². The van der Waals surface area contributed by atoms with Crippen LogP contribution in [-0.4, -0.2) is 90.3 Å². The maximum atomic E-state index is 13.2. The number of fused-ring (bicyclic) bond motifs is 1. The van der Waals surface area contributed by atoms with Gasteiger partial charge in [0.05, 0.1) is 35.7 Å². The molecule has 224 valence electrons. The van der Waals surface area contributed by atoms with Gasteiger partial charge in [-0.15, -0.1) is 0 Å². The molecule has 0 aromatic heterocycles. The first-order valence-electron chi connectivity index (χ1n) is 14.2. The van der Waals surface area contributed by atoms with Crippen LogP contribution >= 0.6 is 0 Å². The number of aromatic carboxylic acids is 1. The molecule has 0 saturated carbocycles. The molecule has 2 aliphatic heterocycles. The molecule has 2 aliphatic rings. The van der Waals surface area contributed by atoms with Crippen LogP contribution in [-0.2, 0) is 9.63 Å². The van der Waals surface area contributed by atoms with E-state index in [0.717, 1.165) is 31.7 Å². The third-order valence-electron chi connectivity index (χ3n) is 7.62. The topological polar surface area (TPSA) is 143 Å². The predicted molar refractivity (Wildman–Crippen MR) is 163 cm³/mol. The fourth-order valence-electron chi connectivity index (χ4n) is 5.27. The van der Waals surface area contributed by atoms with Gasteiger partial charge in [-0.1, -0.05) is 30.3 Å². The highest BCUT2D eigenvalue weighted by molar-refractivity contribution is 6.37. The first-order chi connectivity index (χ1) is 20.8. The molecule has 0 bridgehead atoms. The zero-order valence-corrected chi connectivity index (χ0v) is 23.9. The Morgan fingerprint density at radius 3 is 2.26 bits per heavy atom. The van der Waals surface area contributed by atoms with E-state index in [1.165, 1.54) is 6.07 Å². The zero-order valence-electron chi connectivity index (χ0n) is 23.9. The Balaban J connectivity index is 1.26. The van der Waals surface area contributed by atoms with Crippen molar-refractivity contribution < 1.29 is 29.4 Å². The average molecular weight is 586 g/mol. The van der Waals surface area contributed by atoms with Crippen LogP contribution in [0, 0.1) is 6.92 Å². The molecule has 3 aromatic carbocycles. The average Bonchev–Trinajstić information content (AvgIpc) is 3.33. The molecule has 2 heterocycles. The molecule has 11 heteroatoms. The number of amides is 2. The third-order valence-corrected chi connectivity index (χ3v) is 7.62. The van der Waals surface area contributed by atoms with Gasteiger partial charge >= 0.3 is 5.97 Å². The number of aryl methyl sites for hydroxylation is 1. The molecule has 0 radical (unpaired) electrons. The number of hydrogen-bond donors (Lipinski definition) is 5. The Morgan fingerprint density at radius 1 is 0.930 bits per heavy atom. The quantitative estimate of drug-likeness (QED) is 0.130. The van der Waals surface area contributed by atoms with Crippen molar-refractivity contribution in [2.24, 2.45) is 0 Å². The molecule has 43 heavy (non-hydrogen) atoms. The number of carbonyl (C=O) groups excluding carboxylic acids is 2. The number of nitrogens with zero attached hydrogens (tertiary/aromatic N) is 2. The van der Waals surface area contributed by atoms with Crippen LogP contribution in [0.5, 0.6) is 0 Å². The first kappa shape index (κ1) is 29.9. The van der Waals surface area contributed by atoms with Crippen LogP contribution in [0.4, 0.5) is 11.4 Å². The van der Waals surface area contributed by atoms with Crippen LogP contribution in [0.1, 0.15) is 37.4 Å². The van der Waals surface area contributed by atoms with Gasteiger partial charge in [0, 0.05) is 56.1 Å². The number of rotatable bonds is 11. The molecule has 3 aromatic rings. The largest absolute Gasteiger partial charge is 0.478 e. The number of β-amino-alcohol motifs (C(OH)–C–C–N with tert-alkyl or cyclic N) is 1. The molecular formula is C32H35N5O6. The highest BCUT2D eigenvalue weighted by atomic mass is 16.7. The van der Waals surface area contributed by atoms with Gasteiger partial charge in [0.2, 0.25) is 0 Å². The molecule has 5 rings (SSSR count). The summed E-state index contributed by atoms with van der Waals surface area (Å²) in [6.45, 7) is 7.20. The number of carboxylic acids is 1. The van der Waals surface area contributed by atoms with Gasteiger partial charge in [0.25, 0.3) is 11.8 Å². The van der Waals surface area contributed by atoms with Gasteiger partial charge in [-0.2, -0.15) is 0 Å². The molecule has 0 aliphatic carbocycles. The summed E-state index contributed by atoms with van der Waals surface area (Å²) in [5.41, 5.74) is 7.01. The molecule has 11 nitrogen and oxygen atoms in total. The fourth-order valence-corrected chi connectivity index (χ4v) is 5.27. The van der Waals surface area contributed by atoms with Crippen molar-refractivity contribution in [3.05, 3.63) is 94.5 Å². The maximum absolute atomic E-state index is 13.2. The number of anilines is 2. The van der Waals surface area contributed by atoms with Crippen LogP contribution in [0.15, 0.2) is 66.7 Å². The second kappa shape index (κ2) is 13.6.